The lowest BCUT2D eigenvalue weighted by Crippen LogP contribution is -2.38. The lowest BCUT2D eigenvalue weighted by molar-refractivity contribution is -0.136. The number of hydrogen-bond donors (Lipinski definition) is 2. The Labute approximate surface area is 107 Å². The zero-order chi connectivity index (χ0) is 13.7. The molecule has 8 heteroatoms. The highest BCUT2D eigenvalue weighted by Crippen LogP contribution is 2.05. The van der Waals surface area contributed by atoms with E-state index in [2.05, 4.69) is 20.9 Å². The number of amides is 2. The van der Waals surface area contributed by atoms with Crippen molar-refractivity contribution in [2.24, 2.45) is 0 Å². The Morgan fingerprint density at radius 3 is 2.53 bits per heavy atom. The van der Waals surface area contributed by atoms with Crippen LogP contribution in [-0.4, -0.2) is 26.7 Å². The number of carbonyl (C=O) groups is 2. The normalized spacial score (nSPS) is 9.95. The predicted octanol–water partition coefficient (Wildman–Crippen LogP) is -0.196. The third-order valence-electron chi connectivity index (χ3n) is 2.25. The Balaban J connectivity index is 1.88. The summed E-state index contributed by atoms with van der Waals surface area (Å²) in [5, 5.41) is 9.22. The smallest absolute Gasteiger partial charge is 0.328 e. The van der Waals surface area contributed by atoms with Crippen molar-refractivity contribution >= 4 is 11.8 Å². The molecule has 0 spiro atoms. The van der Waals surface area contributed by atoms with Gasteiger partial charge < -0.3 is 5.32 Å². The van der Waals surface area contributed by atoms with Crippen molar-refractivity contribution in [2.75, 3.05) is 5.43 Å². The minimum Gasteiger partial charge on any atom is -0.344 e. The van der Waals surface area contributed by atoms with E-state index in [0.29, 0.717) is 5.56 Å². The highest BCUT2D eigenvalue weighted by Gasteiger charge is 2.14. The van der Waals surface area contributed by atoms with Crippen LogP contribution >= 0.6 is 0 Å². The van der Waals surface area contributed by atoms with E-state index in [9.17, 15) is 14.0 Å². The van der Waals surface area contributed by atoms with Crippen LogP contribution in [0.1, 0.15) is 5.56 Å². The average Bonchev–Trinajstić information content (AvgIpc) is 2.90. The first-order valence-electron chi connectivity index (χ1n) is 5.34. The average molecular weight is 263 g/mol. The van der Waals surface area contributed by atoms with Gasteiger partial charge in [-0.05, 0) is 6.07 Å². The van der Waals surface area contributed by atoms with E-state index in [1.54, 1.807) is 12.1 Å². The Morgan fingerprint density at radius 1 is 1.16 bits per heavy atom. The second kappa shape index (κ2) is 5.71. The number of carbonyl (C=O) groups excluding carboxylic acids is 2. The topological polar surface area (TPSA) is 88.9 Å². The van der Waals surface area contributed by atoms with Gasteiger partial charge in [0.15, 0.2) is 0 Å². The van der Waals surface area contributed by atoms with E-state index in [1.165, 1.54) is 24.8 Å². The van der Waals surface area contributed by atoms with Crippen LogP contribution in [0.4, 0.5) is 4.39 Å². The fraction of sp³-hybridized carbons (Fsp3) is 0.0909. The number of nitrogens with one attached hydrogen (secondary N) is 2. The van der Waals surface area contributed by atoms with E-state index < -0.39 is 17.6 Å². The fourth-order valence-corrected chi connectivity index (χ4v) is 1.32. The largest absolute Gasteiger partial charge is 0.344 e. The number of aromatic nitrogens is 3. The molecule has 0 bridgehead atoms. The van der Waals surface area contributed by atoms with Crippen molar-refractivity contribution < 1.29 is 14.0 Å². The predicted molar refractivity (Wildman–Crippen MR) is 62.6 cm³/mol. The first kappa shape index (κ1) is 12.7. The first-order chi connectivity index (χ1) is 9.16. The summed E-state index contributed by atoms with van der Waals surface area (Å²) in [6.45, 7) is -0.0683. The van der Waals surface area contributed by atoms with Crippen LogP contribution in [-0.2, 0) is 16.1 Å². The minimum atomic E-state index is -0.892. The van der Waals surface area contributed by atoms with Crippen molar-refractivity contribution in [3.8, 4) is 0 Å². The van der Waals surface area contributed by atoms with E-state index in [0.717, 1.165) is 4.68 Å². The van der Waals surface area contributed by atoms with Crippen LogP contribution in [0.5, 0.6) is 0 Å². The summed E-state index contributed by atoms with van der Waals surface area (Å²) in [5.41, 5.74) is 2.52. The lowest BCUT2D eigenvalue weighted by atomic mass is 10.2. The fourth-order valence-electron chi connectivity index (χ4n) is 1.32. The molecule has 0 aliphatic rings. The quantitative estimate of drug-likeness (QED) is 0.751. The minimum absolute atomic E-state index is 0.0683. The van der Waals surface area contributed by atoms with Gasteiger partial charge in [0.05, 0.1) is 0 Å². The second-order valence-corrected chi connectivity index (χ2v) is 3.58. The van der Waals surface area contributed by atoms with Crippen LogP contribution in [0, 0.1) is 5.82 Å². The summed E-state index contributed by atoms with van der Waals surface area (Å²) in [5.74, 6) is -2.21. The van der Waals surface area contributed by atoms with Gasteiger partial charge >= 0.3 is 11.8 Å². The van der Waals surface area contributed by atoms with Crippen molar-refractivity contribution in [2.45, 2.75) is 6.54 Å². The molecular weight excluding hydrogens is 253 g/mol. The van der Waals surface area contributed by atoms with Gasteiger partial charge in [-0.15, -0.1) is 10.2 Å². The molecule has 2 amide bonds. The third-order valence-corrected chi connectivity index (χ3v) is 2.25. The number of nitrogens with zero attached hydrogens (tertiary/aromatic N) is 3. The van der Waals surface area contributed by atoms with Gasteiger partial charge in [-0.2, -0.15) is 0 Å². The van der Waals surface area contributed by atoms with Crippen molar-refractivity contribution in [3.05, 3.63) is 48.3 Å². The van der Waals surface area contributed by atoms with Gasteiger partial charge in [0.1, 0.15) is 18.5 Å². The van der Waals surface area contributed by atoms with E-state index >= 15 is 0 Å². The molecule has 0 fully saturated rings. The second-order valence-electron chi connectivity index (χ2n) is 3.58. The van der Waals surface area contributed by atoms with Gasteiger partial charge in [0.2, 0.25) is 0 Å². The van der Waals surface area contributed by atoms with Crippen molar-refractivity contribution in [1.82, 2.24) is 20.2 Å². The molecule has 0 atom stereocenters. The van der Waals surface area contributed by atoms with Gasteiger partial charge in [-0.25, -0.2) is 9.07 Å². The maximum absolute atomic E-state index is 13.3. The van der Waals surface area contributed by atoms with Crippen LogP contribution in [0.25, 0.3) is 0 Å². The first-order valence-corrected chi connectivity index (χ1v) is 5.34. The van der Waals surface area contributed by atoms with Gasteiger partial charge in [0, 0.05) is 12.1 Å². The zero-order valence-corrected chi connectivity index (χ0v) is 9.71. The number of hydrogen-bond acceptors (Lipinski definition) is 4. The molecule has 98 valence electrons. The highest BCUT2D eigenvalue weighted by atomic mass is 19.1. The molecule has 0 aliphatic carbocycles. The van der Waals surface area contributed by atoms with Crippen molar-refractivity contribution in [3.63, 3.8) is 0 Å². The zero-order valence-electron chi connectivity index (χ0n) is 9.71. The number of rotatable bonds is 3. The molecule has 0 aliphatic heterocycles. The number of halogens is 1. The van der Waals surface area contributed by atoms with Crippen LogP contribution < -0.4 is 10.7 Å². The van der Waals surface area contributed by atoms with Gasteiger partial charge in [-0.3, -0.25) is 15.0 Å². The monoisotopic (exact) mass is 263 g/mol. The molecule has 1 aromatic heterocycles. The summed E-state index contributed by atoms with van der Waals surface area (Å²) in [6, 6.07) is 5.98. The maximum atomic E-state index is 13.3. The lowest BCUT2D eigenvalue weighted by Gasteiger charge is -2.06. The third kappa shape index (κ3) is 3.35. The van der Waals surface area contributed by atoms with Crippen LogP contribution in [0.15, 0.2) is 36.9 Å². The summed E-state index contributed by atoms with van der Waals surface area (Å²) < 4.78 is 14.4. The Kier molecular flexibility index (Phi) is 3.81. The number of benzene rings is 1. The van der Waals surface area contributed by atoms with E-state index in [1.807, 2.05) is 0 Å². The SMILES string of the molecule is O=C(NCc1ccccc1F)C(=O)Nn1cnnc1. The van der Waals surface area contributed by atoms with Crippen LogP contribution in [0.3, 0.4) is 0 Å². The van der Waals surface area contributed by atoms with Gasteiger partial charge in [-0.1, -0.05) is 18.2 Å². The summed E-state index contributed by atoms with van der Waals surface area (Å²) >= 11 is 0. The van der Waals surface area contributed by atoms with Gasteiger partial charge in [0.25, 0.3) is 0 Å². The highest BCUT2D eigenvalue weighted by molar-refractivity contribution is 6.38. The van der Waals surface area contributed by atoms with E-state index in [4.69, 9.17) is 0 Å². The molecule has 1 heterocycles. The standard InChI is InChI=1S/C11H10FN5O2/c12-9-4-2-1-3-8(9)5-13-10(18)11(19)16-17-6-14-15-7-17/h1-4,6-7H,5H2,(H,13,18)(H,16,19). The molecule has 0 unspecified atom stereocenters. The molecule has 2 rings (SSSR count). The molecule has 2 aromatic rings. The Hall–Kier alpha value is -2.77. The molecule has 7 nitrogen and oxygen atoms in total. The molecule has 19 heavy (non-hydrogen) atoms. The molecule has 2 N–H and O–H groups in total. The Morgan fingerprint density at radius 2 is 1.84 bits per heavy atom. The molecule has 0 saturated carbocycles. The summed E-state index contributed by atoms with van der Waals surface area (Å²) in [7, 11) is 0. The molecule has 0 saturated heterocycles. The summed E-state index contributed by atoms with van der Waals surface area (Å²) in [6.07, 6.45) is 2.45. The van der Waals surface area contributed by atoms with Crippen molar-refractivity contribution in [1.29, 1.82) is 0 Å². The van der Waals surface area contributed by atoms with E-state index in [-0.39, 0.29) is 6.54 Å². The molecule has 1 aromatic carbocycles. The Bertz CT molecular complexity index is 585. The van der Waals surface area contributed by atoms with Crippen LogP contribution in [0.2, 0.25) is 0 Å². The molecular formula is C11H10FN5O2. The maximum Gasteiger partial charge on any atom is 0.328 e. The summed E-state index contributed by atoms with van der Waals surface area (Å²) in [4.78, 5) is 22.9. The molecule has 0 radical (unpaired) electrons.